The molecule has 0 aromatic heterocycles. The Morgan fingerprint density at radius 1 is 1.18 bits per heavy atom. The number of quaternary nitrogens is 1. The highest BCUT2D eigenvalue weighted by Crippen LogP contribution is 2.36. The fourth-order valence-electron chi connectivity index (χ4n) is 4.16. The molecule has 5 heteroatoms. The van der Waals surface area contributed by atoms with Crippen LogP contribution in [0.4, 0.5) is 0 Å². The van der Waals surface area contributed by atoms with E-state index >= 15 is 0 Å². The second-order valence-corrected chi connectivity index (χ2v) is 7.60. The molecule has 2 heterocycles. The average Bonchev–Trinajstić information content (AvgIpc) is 2.96. The lowest BCUT2D eigenvalue weighted by Gasteiger charge is -2.44. The number of likely N-dealkylation sites (tertiary alicyclic amines) is 1. The van der Waals surface area contributed by atoms with Crippen LogP contribution < -0.4 is 5.73 Å². The number of ether oxygens (including phenoxy) is 1. The molecule has 2 aliphatic rings. The molecule has 2 fully saturated rings. The topological polar surface area (TPSA) is 35.2 Å². The highest BCUT2D eigenvalue weighted by molar-refractivity contribution is 6.35. The summed E-state index contributed by atoms with van der Waals surface area (Å²) in [7, 11) is 0. The van der Waals surface area contributed by atoms with Crippen molar-refractivity contribution in [2.75, 3.05) is 32.8 Å². The van der Waals surface area contributed by atoms with Crippen LogP contribution in [0.15, 0.2) is 18.2 Å². The molecule has 0 saturated carbocycles. The first-order valence-electron chi connectivity index (χ1n) is 8.20. The molecule has 1 aromatic rings. The van der Waals surface area contributed by atoms with Gasteiger partial charge in [0.2, 0.25) is 0 Å². The Morgan fingerprint density at radius 3 is 2.59 bits per heavy atom. The zero-order chi connectivity index (χ0) is 15.6. The van der Waals surface area contributed by atoms with Gasteiger partial charge in [0.1, 0.15) is 6.54 Å². The summed E-state index contributed by atoms with van der Waals surface area (Å²) in [6, 6.07) is 6.55. The smallest absolute Gasteiger partial charge is 0.106 e. The standard InChI is InChI=1S/C17H25Cl2N2O/c18-15-2-1-14(17(19)9-15)12-21(6-3-13(10-20)11-21)16-4-7-22-8-5-16/h1-2,9,13,16H,3-8,10-12,20H2/q+1/t13-,21?/m1/s1. The molecule has 1 aromatic carbocycles. The molecule has 22 heavy (non-hydrogen) atoms. The molecule has 2 atom stereocenters. The van der Waals surface area contributed by atoms with Gasteiger partial charge in [-0.2, -0.15) is 0 Å². The van der Waals surface area contributed by atoms with E-state index in [9.17, 15) is 0 Å². The van der Waals surface area contributed by atoms with E-state index in [2.05, 4.69) is 6.07 Å². The van der Waals surface area contributed by atoms with Crippen LogP contribution in [0.25, 0.3) is 0 Å². The second-order valence-electron chi connectivity index (χ2n) is 6.75. The van der Waals surface area contributed by atoms with Crippen LogP contribution in [0.2, 0.25) is 10.0 Å². The van der Waals surface area contributed by atoms with Crippen LogP contribution in [0, 0.1) is 5.92 Å². The Labute approximate surface area is 142 Å². The van der Waals surface area contributed by atoms with Gasteiger partial charge in [0.15, 0.2) is 0 Å². The number of nitrogens with two attached hydrogens (primary N) is 1. The highest BCUT2D eigenvalue weighted by atomic mass is 35.5. The lowest BCUT2D eigenvalue weighted by molar-refractivity contribution is -0.955. The Balaban J connectivity index is 1.85. The molecule has 0 bridgehead atoms. The first kappa shape index (κ1) is 16.5. The lowest BCUT2D eigenvalue weighted by atomic mass is 10.0. The number of nitrogens with zero attached hydrogens (tertiary/aromatic N) is 1. The molecule has 1 unspecified atom stereocenters. The van der Waals surface area contributed by atoms with Crippen LogP contribution in [-0.2, 0) is 11.3 Å². The van der Waals surface area contributed by atoms with E-state index in [-0.39, 0.29) is 0 Å². The minimum atomic E-state index is 0.633. The first-order chi connectivity index (χ1) is 10.6. The van der Waals surface area contributed by atoms with Gasteiger partial charge >= 0.3 is 0 Å². The molecule has 0 radical (unpaired) electrons. The van der Waals surface area contributed by atoms with Gasteiger partial charge in [0.25, 0.3) is 0 Å². The van der Waals surface area contributed by atoms with Crippen molar-refractivity contribution in [3.8, 4) is 0 Å². The summed E-state index contributed by atoms with van der Waals surface area (Å²) in [4.78, 5) is 0. The molecule has 2 saturated heterocycles. The minimum Gasteiger partial charge on any atom is -0.381 e. The lowest BCUT2D eigenvalue weighted by Crippen LogP contribution is -2.55. The summed E-state index contributed by atoms with van der Waals surface area (Å²) < 4.78 is 6.69. The third-order valence-electron chi connectivity index (χ3n) is 5.40. The largest absolute Gasteiger partial charge is 0.381 e. The highest BCUT2D eigenvalue weighted by Gasteiger charge is 2.44. The maximum Gasteiger partial charge on any atom is 0.106 e. The Kier molecular flexibility index (Phi) is 5.31. The van der Waals surface area contributed by atoms with Gasteiger partial charge in [-0.1, -0.05) is 29.3 Å². The minimum absolute atomic E-state index is 0.633. The number of halogens is 2. The number of benzene rings is 1. The fourth-order valence-corrected chi connectivity index (χ4v) is 4.62. The quantitative estimate of drug-likeness (QED) is 0.849. The van der Waals surface area contributed by atoms with Gasteiger partial charge in [-0.3, -0.25) is 0 Å². The number of hydrogen-bond acceptors (Lipinski definition) is 2. The summed E-state index contributed by atoms with van der Waals surface area (Å²) in [5, 5.41) is 1.49. The zero-order valence-corrected chi connectivity index (χ0v) is 14.5. The summed E-state index contributed by atoms with van der Waals surface area (Å²) in [6.07, 6.45) is 3.50. The van der Waals surface area contributed by atoms with Gasteiger partial charge in [-0.05, 0) is 12.1 Å². The molecule has 3 rings (SSSR count). The predicted molar refractivity (Wildman–Crippen MR) is 91.2 cm³/mol. The Bertz CT molecular complexity index is 519. The van der Waals surface area contributed by atoms with Crippen molar-refractivity contribution in [3.63, 3.8) is 0 Å². The number of hydrogen-bond donors (Lipinski definition) is 1. The van der Waals surface area contributed by atoms with E-state index in [1.807, 2.05) is 12.1 Å². The second kappa shape index (κ2) is 7.06. The van der Waals surface area contributed by atoms with Gasteiger partial charge in [0.05, 0.1) is 37.4 Å². The van der Waals surface area contributed by atoms with Crippen molar-refractivity contribution in [1.29, 1.82) is 0 Å². The first-order valence-corrected chi connectivity index (χ1v) is 8.96. The molecular weight excluding hydrogens is 319 g/mol. The van der Waals surface area contributed by atoms with E-state index in [1.54, 1.807) is 0 Å². The van der Waals surface area contributed by atoms with E-state index in [1.165, 1.54) is 25.1 Å². The van der Waals surface area contributed by atoms with Gasteiger partial charge in [-0.25, -0.2) is 0 Å². The summed E-state index contributed by atoms with van der Waals surface area (Å²) in [6.45, 7) is 5.90. The van der Waals surface area contributed by atoms with Gasteiger partial charge in [0, 0.05) is 42.3 Å². The average molecular weight is 344 g/mol. The van der Waals surface area contributed by atoms with Crippen molar-refractivity contribution >= 4 is 23.2 Å². The van der Waals surface area contributed by atoms with Crippen molar-refractivity contribution in [1.82, 2.24) is 0 Å². The summed E-state index contributed by atoms with van der Waals surface area (Å²) in [5.41, 5.74) is 7.15. The Hall–Kier alpha value is -0.320. The van der Waals surface area contributed by atoms with Crippen molar-refractivity contribution in [2.45, 2.75) is 31.8 Å². The van der Waals surface area contributed by atoms with Crippen LogP contribution in [0.3, 0.4) is 0 Å². The molecule has 0 spiro atoms. The molecule has 2 aliphatic heterocycles. The maximum absolute atomic E-state index is 6.44. The van der Waals surface area contributed by atoms with E-state index < -0.39 is 0 Å². The van der Waals surface area contributed by atoms with E-state index in [0.29, 0.717) is 17.0 Å². The third kappa shape index (κ3) is 3.44. The maximum atomic E-state index is 6.44. The number of rotatable bonds is 4. The van der Waals surface area contributed by atoms with Crippen molar-refractivity contribution in [3.05, 3.63) is 33.8 Å². The zero-order valence-electron chi connectivity index (χ0n) is 12.9. The van der Waals surface area contributed by atoms with Crippen LogP contribution in [-0.4, -0.2) is 43.4 Å². The monoisotopic (exact) mass is 343 g/mol. The van der Waals surface area contributed by atoms with E-state index in [0.717, 1.165) is 48.7 Å². The predicted octanol–water partition coefficient (Wildman–Crippen LogP) is 3.47. The van der Waals surface area contributed by atoms with Crippen molar-refractivity contribution in [2.24, 2.45) is 11.7 Å². The molecule has 3 nitrogen and oxygen atoms in total. The van der Waals surface area contributed by atoms with Crippen LogP contribution in [0.5, 0.6) is 0 Å². The van der Waals surface area contributed by atoms with Crippen molar-refractivity contribution < 1.29 is 9.22 Å². The Morgan fingerprint density at radius 2 is 1.95 bits per heavy atom. The normalized spacial score (nSPS) is 29.9. The fraction of sp³-hybridized carbons (Fsp3) is 0.647. The molecule has 2 N–H and O–H groups in total. The molecule has 0 amide bonds. The molecular formula is C17H25Cl2N2O+. The molecule has 122 valence electrons. The van der Waals surface area contributed by atoms with Crippen LogP contribution >= 0.6 is 23.2 Å². The van der Waals surface area contributed by atoms with Gasteiger partial charge in [-0.15, -0.1) is 0 Å². The van der Waals surface area contributed by atoms with E-state index in [4.69, 9.17) is 33.7 Å². The van der Waals surface area contributed by atoms with Gasteiger partial charge < -0.3 is 15.0 Å². The summed E-state index contributed by atoms with van der Waals surface area (Å²) in [5.74, 6) is 0.633. The molecule has 0 aliphatic carbocycles. The SMILES string of the molecule is NC[C@H]1CC[N+](Cc2ccc(Cl)cc2Cl)(C2CCOCC2)C1. The van der Waals surface area contributed by atoms with Crippen LogP contribution in [0.1, 0.15) is 24.8 Å². The summed E-state index contributed by atoms with van der Waals surface area (Å²) >= 11 is 12.5. The third-order valence-corrected chi connectivity index (χ3v) is 5.99.